The predicted molar refractivity (Wildman–Crippen MR) is 90.5 cm³/mol. The summed E-state index contributed by atoms with van der Waals surface area (Å²) in [5.41, 5.74) is 2.61. The van der Waals surface area contributed by atoms with E-state index in [4.69, 9.17) is 23.2 Å². The van der Waals surface area contributed by atoms with Crippen LogP contribution in [0, 0.1) is 0 Å². The Morgan fingerprint density at radius 1 is 1.38 bits per heavy atom. The summed E-state index contributed by atoms with van der Waals surface area (Å²) < 4.78 is 0.849. The van der Waals surface area contributed by atoms with E-state index in [-0.39, 0.29) is 17.2 Å². The highest BCUT2D eigenvalue weighted by atomic mass is 79.9. The van der Waals surface area contributed by atoms with E-state index in [1.54, 1.807) is 6.07 Å². The molecule has 0 bridgehead atoms. The number of hydrogen-bond donors (Lipinski definition) is 2. The van der Waals surface area contributed by atoms with Gasteiger partial charge in [0.15, 0.2) is 0 Å². The number of amides is 1. The Kier molecular flexibility index (Phi) is 3.55. The van der Waals surface area contributed by atoms with Crippen molar-refractivity contribution >= 4 is 55.9 Å². The molecule has 21 heavy (non-hydrogen) atoms. The number of halogens is 3. The molecule has 2 heterocycles. The second-order valence-electron chi connectivity index (χ2n) is 6.14. The van der Waals surface area contributed by atoms with E-state index < -0.39 is 0 Å². The Bertz CT molecular complexity index is 767. The second kappa shape index (κ2) is 4.90. The van der Waals surface area contributed by atoms with Gasteiger partial charge in [0.1, 0.15) is 0 Å². The molecule has 0 saturated carbocycles. The maximum atomic E-state index is 12.3. The molecule has 1 amide bonds. The van der Waals surface area contributed by atoms with Crippen molar-refractivity contribution in [3.63, 3.8) is 0 Å². The number of H-pyrrole nitrogens is 1. The summed E-state index contributed by atoms with van der Waals surface area (Å²) in [4.78, 5) is 15.7. The minimum absolute atomic E-state index is 0.0284. The average Bonchev–Trinajstić information content (AvgIpc) is 2.80. The number of hydrogen-bond acceptors (Lipinski definition) is 1. The van der Waals surface area contributed by atoms with Gasteiger partial charge in [0, 0.05) is 27.5 Å². The first-order valence-electron chi connectivity index (χ1n) is 6.71. The van der Waals surface area contributed by atoms with Crippen LogP contribution in [-0.4, -0.2) is 17.4 Å². The van der Waals surface area contributed by atoms with Crippen molar-refractivity contribution in [3.05, 3.63) is 31.8 Å². The summed E-state index contributed by atoms with van der Waals surface area (Å²) in [6, 6.07) is 1.78. The summed E-state index contributed by atoms with van der Waals surface area (Å²) in [6.07, 6.45) is 0. The van der Waals surface area contributed by atoms with Gasteiger partial charge in [-0.25, -0.2) is 0 Å². The molecule has 2 N–H and O–H groups in total. The van der Waals surface area contributed by atoms with Gasteiger partial charge in [-0.05, 0) is 18.6 Å². The lowest BCUT2D eigenvalue weighted by Crippen LogP contribution is -2.35. The van der Waals surface area contributed by atoms with Crippen molar-refractivity contribution in [1.82, 2.24) is 10.3 Å². The molecule has 0 saturated heterocycles. The van der Waals surface area contributed by atoms with E-state index in [1.807, 2.05) is 6.92 Å². The Morgan fingerprint density at radius 3 is 2.71 bits per heavy atom. The van der Waals surface area contributed by atoms with Crippen molar-refractivity contribution in [1.29, 1.82) is 0 Å². The smallest absolute Gasteiger partial charge is 0.227 e. The number of aromatic nitrogens is 1. The van der Waals surface area contributed by atoms with Crippen molar-refractivity contribution in [3.8, 4) is 0 Å². The van der Waals surface area contributed by atoms with Crippen molar-refractivity contribution in [2.24, 2.45) is 0 Å². The van der Waals surface area contributed by atoms with E-state index in [1.165, 1.54) is 0 Å². The van der Waals surface area contributed by atoms with Crippen molar-refractivity contribution in [2.75, 3.05) is 6.54 Å². The molecule has 0 spiro atoms. The minimum Gasteiger partial charge on any atom is -0.356 e. The fourth-order valence-corrected chi connectivity index (χ4v) is 4.11. The van der Waals surface area contributed by atoms with Gasteiger partial charge in [-0.2, -0.15) is 0 Å². The number of fused-ring (bicyclic) bond motifs is 3. The van der Waals surface area contributed by atoms with Gasteiger partial charge in [0.2, 0.25) is 5.91 Å². The molecule has 1 unspecified atom stereocenters. The van der Waals surface area contributed by atoms with E-state index >= 15 is 0 Å². The molecule has 1 atom stereocenters. The largest absolute Gasteiger partial charge is 0.356 e. The standard InChI is InChI=1S/C15H15BrCl2N2O/c1-6-9-10-7(16)4-8(17)11(18)12(10)20-13(9)15(2,3)5-19-14(6)21/h4,6,20H,5H2,1-3H3,(H,19,21). The summed E-state index contributed by atoms with van der Waals surface area (Å²) >= 11 is 16.1. The fraction of sp³-hybridized carbons (Fsp3) is 0.400. The predicted octanol–water partition coefficient (Wildman–Crippen LogP) is 4.75. The van der Waals surface area contributed by atoms with E-state index in [2.05, 4.69) is 40.1 Å². The van der Waals surface area contributed by atoms with Crippen LogP contribution in [0.15, 0.2) is 10.5 Å². The maximum Gasteiger partial charge on any atom is 0.227 e. The van der Waals surface area contributed by atoms with Crippen LogP contribution in [0.5, 0.6) is 0 Å². The van der Waals surface area contributed by atoms with Gasteiger partial charge in [0.05, 0.1) is 21.5 Å². The molecule has 3 nitrogen and oxygen atoms in total. The van der Waals surface area contributed by atoms with Crippen molar-refractivity contribution < 1.29 is 4.79 Å². The molecule has 0 fully saturated rings. The zero-order valence-corrected chi connectivity index (χ0v) is 15.0. The number of rotatable bonds is 0. The van der Waals surface area contributed by atoms with Gasteiger partial charge in [0.25, 0.3) is 0 Å². The number of nitrogens with one attached hydrogen (secondary N) is 2. The Balaban J connectivity index is 2.47. The van der Waals surface area contributed by atoms with Gasteiger partial charge in [-0.15, -0.1) is 0 Å². The number of carbonyl (C=O) groups excluding carboxylic acids is 1. The fourth-order valence-electron chi connectivity index (χ4n) is 2.94. The second-order valence-corrected chi connectivity index (χ2v) is 7.78. The van der Waals surface area contributed by atoms with E-state index in [9.17, 15) is 4.79 Å². The van der Waals surface area contributed by atoms with Crippen LogP contribution in [0.3, 0.4) is 0 Å². The monoisotopic (exact) mass is 388 g/mol. The zero-order chi connectivity index (χ0) is 15.5. The van der Waals surface area contributed by atoms with Gasteiger partial charge >= 0.3 is 0 Å². The third-order valence-corrected chi connectivity index (χ3v) is 5.58. The molecule has 1 aromatic carbocycles. The molecule has 0 radical (unpaired) electrons. The Hall–Kier alpha value is -0.710. The third-order valence-electron chi connectivity index (χ3n) is 4.17. The Morgan fingerprint density at radius 2 is 2.05 bits per heavy atom. The Labute approximate surface area is 141 Å². The molecule has 1 aliphatic rings. The van der Waals surface area contributed by atoms with Crippen LogP contribution in [0.2, 0.25) is 10.0 Å². The van der Waals surface area contributed by atoms with Gasteiger partial charge in [-0.3, -0.25) is 4.79 Å². The highest BCUT2D eigenvalue weighted by Crippen LogP contribution is 2.44. The first kappa shape index (κ1) is 15.2. The van der Waals surface area contributed by atoms with Crippen LogP contribution in [0.4, 0.5) is 0 Å². The van der Waals surface area contributed by atoms with Crippen LogP contribution >= 0.6 is 39.1 Å². The molecule has 112 valence electrons. The molecular formula is C15H15BrCl2N2O. The molecule has 3 rings (SSSR count). The molecule has 1 aromatic heterocycles. The minimum atomic E-state index is -0.246. The van der Waals surface area contributed by atoms with E-state index in [0.29, 0.717) is 16.6 Å². The van der Waals surface area contributed by atoms with Crippen molar-refractivity contribution in [2.45, 2.75) is 32.1 Å². The lowest BCUT2D eigenvalue weighted by atomic mass is 9.85. The molecule has 6 heteroatoms. The first-order valence-corrected chi connectivity index (χ1v) is 8.26. The van der Waals surface area contributed by atoms with Crippen LogP contribution in [0.1, 0.15) is 37.9 Å². The quantitative estimate of drug-likeness (QED) is 0.627. The summed E-state index contributed by atoms with van der Waals surface area (Å²) in [6.45, 7) is 6.70. The average molecular weight is 390 g/mol. The van der Waals surface area contributed by atoms with Crippen LogP contribution in [0.25, 0.3) is 10.9 Å². The SMILES string of the molecule is CC1C(=O)NCC(C)(C)c2[nH]c3c(Cl)c(Cl)cc(Br)c3c21. The van der Waals surface area contributed by atoms with Crippen LogP contribution < -0.4 is 5.32 Å². The summed E-state index contributed by atoms with van der Waals surface area (Å²) in [7, 11) is 0. The zero-order valence-electron chi connectivity index (χ0n) is 11.9. The van der Waals surface area contributed by atoms with E-state index in [0.717, 1.165) is 26.6 Å². The highest BCUT2D eigenvalue weighted by molar-refractivity contribution is 9.10. The lowest BCUT2D eigenvalue weighted by molar-refractivity contribution is -0.122. The van der Waals surface area contributed by atoms with Crippen LogP contribution in [-0.2, 0) is 10.2 Å². The topological polar surface area (TPSA) is 44.9 Å². The molecule has 1 aliphatic heterocycles. The number of carbonyl (C=O) groups is 1. The maximum absolute atomic E-state index is 12.3. The number of aromatic amines is 1. The first-order chi connectivity index (χ1) is 9.74. The van der Waals surface area contributed by atoms with Gasteiger partial charge < -0.3 is 10.3 Å². The lowest BCUT2D eigenvalue weighted by Gasteiger charge is -2.22. The summed E-state index contributed by atoms with van der Waals surface area (Å²) in [5.74, 6) is -0.218. The third kappa shape index (κ3) is 2.19. The summed E-state index contributed by atoms with van der Waals surface area (Å²) in [5, 5.41) is 4.92. The molecular weight excluding hydrogens is 375 g/mol. The normalized spacial score (nSPS) is 21.0. The van der Waals surface area contributed by atoms with Gasteiger partial charge in [-0.1, -0.05) is 53.0 Å². The number of benzene rings is 1. The highest BCUT2D eigenvalue weighted by Gasteiger charge is 2.36. The molecule has 2 aromatic rings. The molecule has 0 aliphatic carbocycles.